The molecule has 1 saturated heterocycles. The smallest absolute Gasteiger partial charge is 0.253 e. The number of carbonyl (C=O) groups excluding carboxylic acids is 1. The van der Waals surface area contributed by atoms with E-state index in [1.807, 2.05) is 30.1 Å². The Balaban J connectivity index is 1.60. The molecule has 3 aromatic rings. The molecule has 1 aliphatic rings. The summed E-state index contributed by atoms with van der Waals surface area (Å²) >= 11 is 0. The summed E-state index contributed by atoms with van der Waals surface area (Å²) in [5, 5.41) is 3.12. The fourth-order valence-electron chi connectivity index (χ4n) is 3.51. The zero-order chi connectivity index (χ0) is 19.3. The Kier molecular flexibility index (Phi) is 5.23. The summed E-state index contributed by atoms with van der Waals surface area (Å²) in [5.41, 5.74) is 2.50. The van der Waals surface area contributed by atoms with Crippen LogP contribution < -0.4 is 5.32 Å². The van der Waals surface area contributed by atoms with Crippen molar-refractivity contribution in [1.82, 2.24) is 24.8 Å². The summed E-state index contributed by atoms with van der Waals surface area (Å²) in [6.45, 7) is 1.41. The number of piperidine rings is 1. The minimum absolute atomic E-state index is 0.0440. The molecule has 4 rings (SSSR count). The van der Waals surface area contributed by atoms with E-state index in [1.54, 1.807) is 36.9 Å². The summed E-state index contributed by atoms with van der Waals surface area (Å²) in [5.74, 6) is 1.63. The normalized spacial score (nSPS) is 16.6. The molecule has 0 aliphatic carbocycles. The van der Waals surface area contributed by atoms with Crippen LogP contribution in [0.25, 0.3) is 11.4 Å². The summed E-state index contributed by atoms with van der Waals surface area (Å²) < 4.78 is 0. The van der Waals surface area contributed by atoms with Crippen molar-refractivity contribution in [3.05, 3.63) is 66.4 Å². The second-order valence-corrected chi connectivity index (χ2v) is 6.82. The number of rotatable bonds is 4. The highest BCUT2D eigenvalue weighted by atomic mass is 16.2. The number of amides is 1. The van der Waals surface area contributed by atoms with Gasteiger partial charge in [0, 0.05) is 68.0 Å². The number of nitrogens with zero attached hydrogens (tertiary/aromatic N) is 5. The Hall–Kier alpha value is -3.35. The van der Waals surface area contributed by atoms with E-state index in [2.05, 4.69) is 20.3 Å². The van der Waals surface area contributed by atoms with Gasteiger partial charge in [-0.25, -0.2) is 9.97 Å². The fraction of sp³-hybridized carbons (Fsp3) is 0.286. The monoisotopic (exact) mass is 374 g/mol. The number of nitrogens with one attached hydrogen (secondary N) is 1. The first-order valence-electron chi connectivity index (χ1n) is 9.41. The molecule has 7 nitrogen and oxygen atoms in total. The first kappa shape index (κ1) is 18.0. The second-order valence-electron chi connectivity index (χ2n) is 6.82. The maximum atomic E-state index is 12.8. The maximum Gasteiger partial charge on any atom is 0.253 e. The third-order valence-corrected chi connectivity index (χ3v) is 4.98. The first-order chi connectivity index (χ1) is 13.7. The van der Waals surface area contributed by atoms with E-state index in [9.17, 15) is 4.79 Å². The standard InChI is InChI=1S/C21H22N6O/c1-22-19-12-18(25-20(26-19)16-4-2-8-24-13-16)17-5-3-11-27(14-17)21(28)15-6-9-23-10-7-15/h2,4,6-10,12-13,17H,3,5,11,14H2,1H3,(H,22,25,26). The van der Waals surface area contributed by atoms with Gasteiger partial charge in [0.1, 0.15) is 5.82 Å². The van der Waals surface area contributed by atoms with Gasteiger partial charge in [-0.15, -0.1) is 0 Å². The van der Waals surface area contributed by atoms with Crippen molar-refractivity contribution in [3.8, 4) is 11.4 Å². The van der Waals surface area contributed by atoms with Gasteiger partial charge in [0.05, 0.1) is 5.69 Å². The molecular formula is C21H22N6O. The number of aromatic nitrogens is 4. The highest BCUT2D eigenvalue weighted by molar-refractivity contribution is 5.94. The lowest BCUT2D eigenvalue weighted by molar-refractivity contribution is 0.0706. The molecule has 142 valence electrons. The van der Waals surface area contributed by atoms with Crippen LogP contribution in [-0.4, -0.2) is 50.9 Å². The SMILES string of the molecule is CNc1cc(C2CCCN(C(=O)c3ccncc3)C2)nc(-c2cccnc2)n1. The lowest BCUT2D eigenvalue weighted by Gasteiger charge is -2.32. The van der Waals surface area contributed by atoms with E-state index in [0.29, 0.717) is 17.9 Å². The fourth-order valence-corrected chi connectivity index (χ4v) is 3.51. The van der Waals surface area contributed by atoms with Gasteiger partial charge in [-0.05, 0) is 37.1 Å². The molecule has 4 heterocycles. The van der Waals surface area contributed by atoms with E-state index >= 15 is 0 Å². The number of pyridine rings is 2. The predicted molar refractivity (Wildman–Crippen MR) is 107 cm³/mol. The molecule has 0 spiro atoms. The highest BCUT2D eigenvalue weighted by Gasteiger charge is 2.27. The van der Waals surface area contributed by atoms with Crippen LogP contribution in [0.3, 0.4) is 0 Å². The zero-order valence-corrected chi connectivity index (χ0v) is 15.7. The van der Waals surface area contributed by atoms with Crippen LogP contribution in [-0.2, 0) is 0 Å². The second kappa shape index (κ2) is 8.12. The average Bonchev–Trinajstić information content (AvgIpc) is 2.79. The summed E-state index contributed by atoms with van der Waals surface area (Å²) in [6, 6.07) is 9.32. The van der Waals surface area contributed by atoms with Crippen molar-refractivity contribution in [1.29, 1.82) is 0 Å². The predicted octanol–water partition coefficient (Wildman–Crippen LogP) is 3.00. The van der Waals surface area contributed by atoms with Gasteiger partial charge >= 0.3 is 0 Å². The Morgan fingerprint density at radius 3 is 2.75 bits per heavy atom. The Morgan fingerprint density at radius 2 is 2.00 bits per heavy atom. The first-order valence-corrected chi connectivity index (χ1v) is 9.41. The Morgan fingerprint density at radius 1 is 1.14 bits per heavy atom. The molecular weight excluding hydrogens is 352 g/mol. The molecule has 1 unspecified atom stereocenters. The number of likely N-dealkylation sites (tertiary alicyclic amines) is 1. The summed E-state index contributed by atoms with van der Waals surface area (Å²) in [6.07, 6.45) is 8.74. The number of carbonyl (C=O) groups is 1. The lowest BCUT2D eigenvalue weighted by Crippen LogP contribution is -2.39. The van der Waals surface area contributed by atoms with Crippen LogP contribution in [0.1, 0.15) is 34.8 Å². The van der Waals surface area contributed by atoms with E-state index in [4.69, 9.17) is 4.98 Å². The van der Waals surface area contributed by atoms with Gasteiger partial charge in [-0.3, -0.25) is 14.8 Å². The molecule has 1 N–H and O–H groups in total. The molecule has 1 atom stereocenters. The quantitative estimate of drug-likeness (QED) is 0.756. The molecule has 1 amide bonds. The minimum Gasteiger partial charge on any atom is -0.373 e. The molecule has 7 heteroatoms. The number of anilines is 1. The van der Waals surface area contributed by atoms with Crippen LogP contribution in [0.4, 0.5) is 5.82 Å². The maximum absolute atomic E-state index is 12.8. The molecule has 0 aromatic carbocycles. The number of hydrogen-bond donors (Lipinski definition) is 1. The van der Waals surface area contributed by atoms with E-state index in [-0.39, 0.29) is 11.8 Å². The zero-order valence-electron chi connectivity index (χ0n) is 15.7. The third kappa shape index (κ3) is 3.83. The van der Waals surface area contributed by atoms with Crippen molar-refractivity contribution >= 4 is 11.7 Å². The highest BCUT2D eigenvalue weighted by Crippen LogP contribution is 2.29. The molecule has 3 aromatic heterocycles. The summed E-state index contributed by atoms with van der Waals surface area (Å²) in [7, 11) is 1.85. The molecule has 1 fully saturated rings. The van der Waals surface area contributed by atoms with Crippen LogP contribution in [0.15, 0.2) is 55.1 Å². The van der Waals surface area contributed by atoms with E-state index < -0.39 is 0 Å². The molecule has 0 saturated carbocycles. The largest absolute Gasteiger partial charge is 0.373 e. The van der Waals surface area contributed by atoms with Gasteiger partial charge in [-0.1, -0.05) is 0 Å². The van der Waals surface area contributed by atoms with Crippen LogP contribution in [0.2, 0.25) is 0 Å². The van der Waals surface area contributed by atoms with Crippen LogP contribution >= 0.6 is 0 Å². The molecule has 28 heavy (non-hydrogen) atoms. The van der Waals surface area contributed by atoms with Gasteiger partial charge in [0.2, 0.25) is 0 Å². The van der Waals surface area contributed by atoms with Gasteiger partial charge in [0.25, 0.3) is 5.91 Å². The molecule has 1 aliphatic heterocycles. The van der Waals surface area contributed by atoms with Crippen molar-refractivity contribution < 1.29 is 4.79 Å². The summed E-state index contributed by atoms with van der Waals surface area (Å²) in [4.78, 5) is 32.3. The molecule has 0 radical (unpaired) electrons. The Labute approximate surface area is 163 Å². The van der Waals surface area contributed by atoms with Crippen molar-refractivity contribution in [2.75, 3.05) is 25.5 Å². The van der Waals surface area contributed by atoms with Crippen molar-refractivity contribution in [2.45, 2.75) is 18.8 Å². The topological polar surface area (TPSA) is 83.9 Å². The average molecular weight is 374 g/mol. The minimum atomic E-state index is 0.0440. The molecule has 0 bridgehead atoms. The van der Waals surface area contributed by atoms with Crippen LogP contribution in [0.5, 0.6) is 0 Å². The number of hydrogen-bond acceptors (Lipinski definition) is 6. The third-order valence-electron chi connectivity index (χ3n) is 4.98. The van der Waals surface area contributed by atoms with Gasteiger partial charge < -0.3 is 10.2 Å². The van der Waals surface area contributed by atoms with Crippen molar-refractivity contribution in [3.63, 3.8) is 0 Å². The van der Waals surface area contributed by atoms with E-state index in [1.165, 1.54) is 0 Å². The lowest BCUT2D eigenvalue weighted by atomic mass is 9.93. The van der Waals surface area contributed by atoms with Crippen molar-refractivity contribution in [2.24, 2.45) is 0 Å². The van der Waals surface area contributed by atoms with E-state index in [0.717, 1.165) is 36.5 Å². The Bertz CT molecular complexity index is 948. The van der Waals surface area contributed by atoms with Crippen LogP contribution in [0, 0.1) is 0 Å². The van der Waals surface area contributed by atoms with Gasteiger partial charge in [0.15, 0.2) is 5.82 Å². The van der Waals surface area contributed by atoms with Gasteiger partial charge in [-0.2, -0.15) is 0 Å².